The SMILES string of the molecule is CC(C)(C)c1ccc(COc2ccc(Br)cc2/C=C/C(=O)N[C@H](Cc2ccccc2)C(=O)O)cc1. The lowest BCUT2D eigenvalue weighted by molar-refractivity contribution is -0.141. The fourth-order valence-corrected chi connectivity index (χ4v) is 3.86. The van der Waals surface area contributed by atoms with Crippen molar-refractivity contribution in [2.45, 2.75) is 45.3 Å². The number of aliphatic carboxylic acids is 1. The van der Waals surface area contributed by atoms with Crippen LogP contribution in [0.2, 0.25) is 0 Å². The van der Waals surface area contributed by atoms with Crippen molar-refractivity contribution < 1.29 is 19.4 Å². The minimum atomic E-state index is -1.08. The molecule has 0 saturated heterocycles. The van der Waals surface area contributed by atoms with Crippen LogP contribution in [-0.4, -0.2) is 23.0 Å². The Balaban J connectivity index is 1.67. The van der Waals surface area contributed by atoms with Gasteiger partial charge in [-0.2, -0.15) is 0 Å². The zero-order valence-electron chi connectivity index (χ0n) is 20.1. The Morgan fingerprint density at radius 3 is 2.31 bits per heavy atom. The second-order valence-electron chi connectivity index (χ2n) is 9.34. The summed E-state index contributed by atoms with van der Waals surface area (Å²) in [5, 5.41) is 12.1. The zero-order valence-corrected chi connectivity index (χ0v) is 21.7. The largest absolute Gasteiger partial charge is 0.488 e. The summed E-state index contributed by atoms with van der Waals surface area (Å²) in [5.74, 6) is -0.951. The maximum absolute atomic E-state index is 12.5. The molecule has 2 N–H and O–H groups in total. The summed E-state index contributed by atoms with van der Waals surface area (Å²) < 4.78 is 6.88. The van der Waals surface area contributed by atoms with Crippen LogP contribution in [-0.2, 0) is 28.0 Å². The number of hydrogen-bond donors (Lipinski definition) is 2. The van der Waals surface area contributed by atoms with Crippen molar-refractivity contribution in [1.29, 1.82) is 0 Å². The van der Waals surface area contributed by atoms with Gasteiger partial charge in [0.05, 0.1) is 0 Å². The van der Waals surface area contributed by atoms with E-state index in [1.54, 1.807) is 6.08 Å². The van der Waals surface area contributed by atoms with Crippen LogP contribution in [0.4, 0.5) is 0 Å². The summed E-state index contributed by atoms with van der Waals surface area (Å²) in [6, 6.07) is 22.1. The Morgan fingerprint density at radius 1 is 1.00 bits per heavy atom. The first-order valence-electron chi connectivity index (χ1n) is 11.4. The van der Waals surface area contributed by atoms with Crippen LogP contribution >= 0.6 is 15.9 Å². The summed E-state index contributed by atoms with van der Waals surface area (Å²) >= 11 is 3.45. The minimum absolute atomic E-state index is 0.0877. The third-order valence-electron chi connectivity index (χ3n) is 5.50. The van der Waals surface area contributed by atoms with Crippen LogP contribution in [0.5, 0.6) is 5.75 Å². The molecule has 3 aromatic rings. The molecule has 0 unspecified atom stereocenters. The van der Waals surface area contributed by atoms with E-state index in [4.69, 9.17) is 4.74 Å². The van der Waals surface area contributed by atoms with Crippen LogP contribution in [0.1, 0.15) is 43.0 Å². The maximum Gasteiger partial charge on any atom is 0.326 e. The van der Waals surface area contributed by atoms with Gasteiger partial charge in [-0.1, -0.05) is 91.3 Å². The molecule has 0 radical (unpaired) electrons. The Labute approximate surface area is 215 Å². The Morgan fingerprint density at radius 2 is 1.69 bits per heavy atom. The van der Waals surface area contributed by atoms with Gasteiger partial charge in [0, 0.05) is 22.5 Å². The Hall–Kier alpha value is -3.38. The van der Waals surface area contributed by atoms with Gasteiger partial charge in [0.1, 0.15) is 18.4 Å². The number of hydrogen-bond acceptors (Lipinski definition) is 3. The highest BCUT2D eigenvalue weighted by Crippen LogP contribution is 2.26. The molecule has 0 aromatic heterocycles. The lowest BCUT2D eigenvalue weighted by Gasteiger charge is -2.19. The summed E-state index contributed by atoms with van der Waals surface area (Å²) in [6.07, 6.45) is 3.16. The average Bonchev–Trinajstić information content (AvgIpc) is 2.82. The van der Waals surface area contributed by atoms with Gasteiger partial charge in [-0.25, -0.2) is 4.79 Å². The van der Waals surface area contributed by atoms with Gasteiger partial charge >= 0.3 is 5.97 Å². The fourth-order valence-electron chi connectivity index (χ4n) is 3.48. The average molecular weight is 536 g/mol. The number of carboxylic acids is 1. The molecule has 35 heavy (non-hydrogen) atoms. The summed E-state index contributed by atoms with van der Waals surface area (Å²) in [4.78, 5) is 24.1. The smallest absolute Gasteiger partial charge is 0.326 e. The topological polar surface area (TPSA) is 75.6 Å². The lowest BCUT2D eigenvalue weighted by atomic mass is 9.87. The quantitative estimate of drug-likeness (QED) is 0.322. The highest BCUT2D eigenvalue weighted by Gasteiger charge is 2.19. The summed E-state index contributed by atoms with van der Waals surface area (Å²) in [6.45, 7) is 6.91. The van der Waals surface area contributed by atoms with Crippen molar-refractivity contribution in [1.82, 2.24) is 5.32 Å². The molecule has 5 nitrogen and oxygen atoms in total. The molecule has 0 heterocycles. The van der Waals surface area contributed by atoms with E-state index in [0.717, 1.165) is 15.6 Å². The third kappa shape index (κ3) is 8.11. The molecular formula is C29H30BrNO4. The molecular weight excluding hydrogens is 506 g/mol. The zero-order chi connectivity index (χ0) is 25.4. The van der Waals surface area contributed by atoms with Gasteiger partial charge in [-0.3, -0.25) is 4.79 Å². The van der Waals surface area contributed by atoms with Gasteiger partial charge in [-0.05, 0) is 46.4 Å². The number of carboxylic acid groups (broad SMARTS) is 1. The van der Waals surface area contributed by atoms with E-state index < -0.39 is 17.9 Å². The molecule has 0 aliphatic heterocycles. The molecule has 1 amide bonds. The van der Waals surface area contributed by atoms with Gasteiger partial charge in [-0.15, -0.1) is 0 Å². The van der Waals surface area contributed by atoms with E-state index >= 15 is 0 Å². The fraction of sp³-hybridized carbons (Fsp3) is 0.241. The highest BCUT2D eigenvalue weighted by molar-refractivity contribution is 9.10. The monoisotopic (exact) mass is 535 g/mol. The predicted octanol–water partition coefficient (Wildman–Crippen LogP) is 6.15. The van der Waals surface area contributed by atoms with Crippen LogP contribution < -0.4 is 10.1 Å². The van der Waals surface area contributed by atoms with Gasteiger partial charge < -0.3 is 15.2 Å². The Bertz CT molecular complexity index is 1180. The van der Waals surface area contributed by atoms with Crippen molar-refractivity contribution >= 4 is 33.9 Å². The molecule has 0 fully saturated rings. The van der Waals surface area contributed by atoms with Gasteiger partial charge in [0.15, 0.2) is 0 Å². The molecule has 3 rings (SSSR count). The highest BCUT2D eigenvalue weighted by atomic mass is 79.9. The van der Waals surface area contributed by atoms with Crippen molar-refractivity contribution in [2.75, 3.05) is 0 Å². The van der Waals surface area contributed by atoms with Crippen LogP contribution in [0, 0.1) is 0 Å². The summed E-state index contributed by atoms with van der Waals surface area (Å²) in [7, 11) is 0. The van der Waals surface area contributed by atoms with E-state index in [-0.39, 0.29) is 11.8 Å². The first-order valence-corrected chi connectivity index (χ1v) is 12.2. The first kappa shape index (κ1) is 26.2. The van der Waals surface area contributed by atoms with Crippen molar-refractivity contribution in [3.63, 3.8) is 0 Å². The number of carbonyl (C=O) groups excluding carboxylic acids is 1. The maximum atomic E-state index is 12.5. The molecule has 182 valence electrons. The predicted molar refractivity (Wildman–Crippen MR) is 142 cm³/mol. The molecule has 3 aromatic carbocycles. The van der Waals surface area contributed by atoms with Crippen molar-refractivity contribution in [3.8, 4) is 5.75 Å². The number of ether oxygens (including phenoxy) is 1. The molecule has 1 atom stereocenters. The van der Waals surface area contributed by atoms with E-state index in [0.29, 0.717) is 17.9 Å². The van der Waals surface area contributed by atoms with E-state index in [1.807, 2.05) is 48.5 Å². The Kier molecular flexibility index (Phi) is 8.88. The minimum Gasteiger partial charge on any atom is -0.488 e. The van der Waals surface area contributed by atoms with E-state index in [1.165, 1.54) is 11.6 Å². The molecule has 0 spiro atoms. The number of rotatable bonds is 9. The van der Waals surface area contributed by atoms with Crippen molar-refractivity contribution in [2.24, 2.45) is 0 Å². The molecule has 0 bridgehead atoms. The molecule has 0 saturated carbocycles. The molecule has 0 aliphatic carbocycles. The number of nitrogens with one attached hydrogen (secondary N) is 1. The molecule has 0 aliphatic rings. The second kappa shape index (κ2) is 11.8. The standard InChI is InChI=1S/C29H30BrNO4/c1-29(2,3)23-12-9-21(10-13-23)19-35-26-15-14-24(30)18-22(26)11-16-27(32)31-25(28(33)34)17-20-7-5-4-6-8-20/h4-16,18,25H,17,19H2,1-3H3,(H,31,32)(H,33,34)/b16-11+/t25-/m1/s1. The number of amides is 1. The molecule has 6 heteroatoms. The third-order valence-corrected chi connectivity index (χ3v) is 5.99. The number of benzene rings is 3. The summed E-state index contributed by atoms with van der Waals surface area (Å²) in [5.41, 5.74) is 3.92. The first-order chi connectivity index (χ1) is 16.6. The number of carbonyl (C=O) groups is 2. The normalized spacial score (nSPS) is 12.3. The van der Waals surface area contributed by atoms with E-state index in [9.17, 15) is 14.7 Å². The van der Waals surface area contributed by atoms with E-state index in [2.05, 4.69) is 66.3 Å². The van der Waals surface area contributed by atoms with Crippen LogP contribution in [0.3, 0.4) is 0 Å². The second-order valence-corrected chi connectivity index (χ2v) is 10.3. The van der Waals surface area contributed by atoms with Crippen LogP contribution in [0.15, 0.2) is 83.3 Å². The van der Waals surface area contributed by atoms with Gasteiger partial charge in [0.2, 0.25) is 5.91 Å². The van der Waals surface area contributed by atoms with Crippen molar-refractivity contribution in [3.05, 3.63) is 106 Å². The lowest BCUT2D eigenvalue weighted by Crippen LogP contribution is -2.41. The van der Waals surface area contributed by atoms with Gasteiger partial charge in [0.25, 0.3) is 0 Å². The van der Waals surface area contributed by atoms with Crippen LogP contribution in [0.25, 0.3) is 6.08 Å². The number of halogens is 1.